The van der Waals surface area contributed by atoms with Crippen molar-refractivity contribution in [2.75, 3.05) is 18.1 Å². The number of hydrogen-bond donors (Lipinski definition) is 3. The van der Waals surface area contributed by atoms with Crippen LogP contribution >= 0.6 is 0 Å². The van der Waals surface area contributed by atoms with E-state index in [0.29, 0.717) is 5.82 Å². The predicted molar refractivity (Wildman–Crippen MR) is 87.6 cm³/mol. The van der Waals surface area contributed by atoms with Gasteiger partial charge in [-0.1, -0.05) is 17.9 Å². The molecule has 2 aromatic heterocycles. The van der Waals surface area contributed by atoms with Gasteiger partial charge in [0, 0.05) is 35.8 Å². The Bertz CT molecular complexity index is 909. The summed E-state index contributed by atoms with van der Waals surface area (Å²) in [6, 6.07) is 8.59. The van der Waals surface area contributed by atoms with Gasteiger partial charge in [0.05, 0.1) is 5.56 Å². The normalized spacial score (nSPS) is 10.0. The molecule has 0 radical (unpaired) electrons. The maximum atomic E-state index is 9.47. The maximum absolute atomic E-state index is 9.47. The van der Waals surface area contributed by atoms with E-state index >= 15 is 0 Å². The van der Waals surface area contributed by atoms with Crippen LogP contribution in [0.2, 0.25) is 0 Å². The summed E-state index contributed by atoms with van der Waals surface area (Å²) in [7, 11) is 1.80. The van der Waals surface area contributed by atoms with Gasteiger partial charge in [-0.15, -0.1) is 0 Å². The zero-order valence-electron chi connectivity index (χ0n) is 12.0. The number of nitrogens with one attached hydrogen (secondary N) is 1. The van der Waals surface area contributed by atoms with Crippen molar-refractivity contribution in [3.63, 3.8) is 0 Å². The highest BCUT2D eigenvalue weighted by molar-refractivity contribution is 5.96. The molecule has 0 saturated heterocycles. The van der Waals surface area contributed by atoms with Crippen LogP contribution in [0.1, 0.15) is 11.1 Å². The van der Waals surface area contributed by atoms with E-state index in [1.54, 1.807) is 43.7 Å². The molecule has 5 heteroatoms. The number of pyridine rings is 2. The minimum Gasteiger partial charge on any atom is -0.508 e. The van der Waals surface area contributed by atoms with Gasteiger partial charge in [-0.2, -0.15) is 0 Å². The highest BCUT2D eigenvalue weighted by Crippen LogP contribution is 2.24. The fourth-order valence-electron chi connectivity index (χ4n) is 2.17. The summed E-state index contributed by atoms with van der Waals surface area (Å²) in [5.41, 5.74) is 7.26. The average Bonchev–Trinajstić information content (AvgIpc) is 2.52. The third-order valence-electron chi connectivity index (χ3n) is 3.22. The van der Waals surface area contributed by atoms with Crippen molar-refractivity contribution < 1.29 is 5.11 Å². The van der Waals surface area contributed by atoms with E-state index in [0.717, 1.165) is 27.7 Å². The smallest absolute Gasteiger partial charge is 0.135 e. The number of nitrogen functional groups attached to an aromatic ring is 1. The van der Waals surface area contributed by atoms with Crippen molar-refractivity contribution in [1.82, 2.24) is 9.97 Å². The molecule has 3 aromatic rings. The quantitative estimate of drug-likeness (QED) is 0.599. The van der Waals surface area contributed by atoms with Crippen LogP contribution in [-0.2, 0) is 0 Å². The molecule has 108 valence electrons. The van der Waals surface area contributed by atoms with Gasteiger partial charge in [0.1, 0.15) is 17.4 Å². The molecule has 0 saturated carbocycles. The number of benzene rings is 1. The van der Waals surface area contributed by atoms with Gasteiger partial charge in [0.2, 0.25) is 0 Å². The van der Waals surface area contributed by atoms with Gasteiger partial charge >= 0.3 is 0 Å². The standard InChI is InChI=1S/C17H14N4O/c1-19-17-15-10-20-16(18)8-14(15)12(9-21-17)6-5-11-3-2-4-13(22)7-11/h2-4,7-10,22H,1H3,(H2,18,20)(H,19,21). The highest BCUT2D eigenvalue weighted by Gasteiger charge is 2.06. The van der Waals surface area contributed by atoms with Crippen LogP contribution in [0.15, 0.2) is 42.7 Å². The van der Waals surface area contributed by atoms with Gasteiger partial charge in [-0.05, 0) is 24.3 Å². The number of nitrogens with zero attached hydrogens (tertiary/aromatic N) is 2. The molecule has 3 rings (SSSR count). The molecule has 5 nitrogen and oxygen atoms in total. The van der Waals surface area contributed by atoms with Crippen LogP contribution in [0.4, 0.5) is 11.6 Å². The molecule has 0 spiro atoms. The summed E-state index contributed by atoms with van der Waals surface area (Å²) in [6.45, 7) is 0. The minimum atomic E-state index is 0.189. The molecule has 1 aromatic carbocycles. The van der Waals surface area contributed by atoms with Crippen molar-refractivity contribution >= 4 is 22.4 Å². The summed E-state index contributed by atoms with van der Waals surface area (Å²) in [4.78, 5) is 8.44. The number of aromatic nitrogens is 2. The van der Waals surface area contributed by atoms with Crippen molar-refractivity contribution in [3.8, 4) is 17.6 Å². The first-order valence-corrected chi connectivity index (χ1v) is 6.70. The number of aromatic hydroxyl groups is 1. The van der Waals surface area contributed by atoms with Gasteiger partial charge in [0.25, 0.3) is 0 Å². The first kappa shape index (κ1) is 13.7. The van der Waals surface area contributed by atoms with E-state index < -0.39 is 0 Å². The topological polar surface area (TPSA) is 84.1 Å². The van der Waals surface area contributed by atoms with Gasteiger partial charge < -0.3 is 16.2 Å². The first-order chi connectivity index (χ1) is 10.7. The fourth-order valence-corrected chi connectivity index (χ4v) is 2.17. The molecule has 0 aliphatic carbocycles. The molecule has 0 unspecified atom stereocenters. The van der Waals surface area contributed by atoms with E-state index in [1.807, 2.05) is 6.07 Å². The summed E-state index contributed by atoms with van der Waals surface area (Å²) in [5.74, 6) is 7.44. The Morgan fingerprint density at radius 1 is 1.09 bits per heavy atom. The minimum absolute atomic E-state index is 0.189. The summed E-state index contributed by atoms with van der Waals surface area (Å²) >= 11 is 0. The predicted octanol–water partition coefficient (Wildman–Crippen LogP) is 2.36. The van der Waals surface area contributed by atoms with Gasteiger partial charge in [-0.3, -0.25) is 0 Å². The number of rotatable bonds is 1. The van der Waals surface area contributed by atoms with Crippen LogP contribution < -0.4 is 11.1 Å². The maximum Gasteiger partial charge on any atom is 0.135 e. The second kappa shape index (κ2) is 5.62. The third-order valence-corrected chi connectivity index (χ3v) is 3.22. The fraction of sp³-hybridized carbons (Fsp3) is 0.0588. The first-order valence-electron chi connectivity index (χ1n) is 6.70. The van der Waals surface area contributed by atoms with Crippen molar-refractivity contribution in [1.29, 1.82) is 0 Å². The Kier molecular flexibility index (Phi) is 3.50. The Hall–Kier alpha value is -3.26. The van der Waals surface area contributed by atoms with Crippen molar-refractivity contribution in [3.05, 3.63) is 53.9 Å². The molecule has 0 aliphatic rings. The molecule has 0 bridgehead atoms. The van der Waals surface area contributed by atoms with Crippen LogP contribution in [0.25, 0.3) is 10.8 Å². The molecular weight excluding hydrogens is 276 g/mol. The monoisotopic (exact) mass is 290 g/mol. The summed E-state index contributed by atoms with van der Waals surface area (Å²) in [6.07, 6.45) is 3.38. The van der Waals surface area contributed by atoms with Gasteiger partial charge in [0.15, 0.2) is 0 Å². The number of phenols is 1. The molecule has 22 heavy (non-hydrogen) atoms. The van der Waals surface area contributed by atoms with E-state index in [4.69, 9.17) is 5.73 Å². The van der Waals surface area contributed by atoms with Crippen molar-refractivity contribution in [2.24, 2.45) is 0 Å². The Morgan fingerprint density at radius 3 is 2.73 bits per heavy atom. The Morgan fingerprint density at radius 2 is 1.95 bits per heavy atom. The van der Waals surface area contributed by atoms with E-state index in [9.17, 15) is 5.11 Å². The van der Waals surface area contributed by atoms with Crippen LogP contribution in [-0.4, -0.2) is 22.1 Å². The number of anilines is 2. The average molecular weight is 290 g/mol. The molecule has 0 fully saturated rings. The molecule has 0 aliphatic heterocycles. The lowest BCUT2D eigenvalue weighted by atomic mass is 10.1. The van der Waals surface area contributed by atoms with Crippen molar-refractivity contribution in [2.45, 2.75) is 0 Å². The highest BCUT2D eigenvalue weighted by atomic mass is 16.3. The third kappa shape index (κ3) is 2.63. The lowest BCUT2D eigenvalue weighted by Crippen LogP contribution is -1.97. The zero-order chi connectivity index (χ0) is 15.5. The summed E-state index contributed by atoms with van der Waals surface area (Å²) < 4.78 is 0. The lowest BCUT2D eigenvalue weighted by Gasteiger charge is -2.06. The van der Waals surface area contributed by atoms with E-state index in [-0.39, 0.29) is 5.75 Å². The number of nitrogens with two attached hydrogens (primary N) is 1. The Balaban J connectivity index is 2.14. The van der Waals surface area contributed by atoms with Gasteiger partial charge in [-0.25, -0.2) is 9.97 Å². The van der Waals surface area contributed by atoms with Crippen LogP contribution in [0.3, 0.4) is 0 Å². The van der Waals surface area contributed by atoms with E-state index in [2.05, 4.69) is 27.1 Å². The summed E-state index contributed by atoms with van der Waals surface area (Å²) in [5, 5.41) is 14.2. The molecular formula is C17H14N4O. The second-order valence-corrected chi connectivity index (χ2v) is 4.73. The molecule has 0 atom stereocenters. The number of hydrogen-bond acceptors (Lipinski definition) is 5. The van der Waals surface area contributed by atoms with Crippen LogP contribution in [0, 0.1) is 11.8 Å². The Labute approximate surface area is 127 Å². The molecule has 0 amide bonds. The number of fused-ring (bicyclic) bond motifs is 1. The molecule has 4 N–H and O–H groups in total. The lowest BCUT2D eigenvalue weighted by molar-refractivity contribution is 0.475. The largest absolute Gasteiger partial charge is 0.508 e. The SMILES string of the molecule is CNc1ncc(C#Cc2cccc(O)c2)c2cc(N)ncc12. The second-order valence-electron chi connectivity index (χ2n) is 4.73. The van der Waals surface area contributed by atoms with Crippen LogP contribution in [0.5, 0.6) is 5.75 Å². The molecule has 2 heterocycles. The van der Waals surface area contributed by atoms with E-state index in [1.165, 1.54) is 0 Å². The zero-order valence-corrected chi connectivity index (χ0v) is 12.0. The number of phenolic OH excluding ortho intramolecular Hbond substituents is 1.